The van der Waals surface area contributed by atoms with Gasteiger partial charge in [-0.2, -0.15) is 0 Å². The molecule has 2 aromatic rings. The van der Waals surface area contributed by atoms with E-state index in [4.69, 9.17) is 17.3 Å². The van der Waals surface area contributed by atoms with Gasteiger partial charge in [0, 0.05) is 21.3 Å². The normalized spacial score (nSPS) is 11.7. The molecule has 2 rings (SSSR count). The molecular weight excluding hydrogens is 372 g/mol. The van der Waals surface area contributed by atoms with E-state index in [1.807, 2.05) is 11.4 Å². The summed E-state index contributed by atoms with van der Waals surface area (Å²) in [7, 11) is -3.73. The fourth-order valence-electron chi connectivity index (χ4n) is 1.49. The van der Waals surface area contributed by atoms with Crippen LogP contribution in [0.25, 0.3) is 0 Å². The van der Waals surface area contributed by atoms with Crippen molar-refractivity contribution in [1.82, 2.24) is 4.72 Å². The highest BCUT2D eigenvalue weighted by atomic mass is 79.9. The van der Waals surface area contributed by atoms with E-state index in [1.54, 1.807) is 6.07 Å². The lowest BCUT2D eigenvalue weighted by Crippen LogP contribution is -2.24. The number of nitrogen functional groups attached to an aromatic ring is 1. The topological polar surface area (TPSA) is 72.2 Å². The van der Waals surface area contributed by atoms with E-state index >= 15 is 0 Å². The molecule has 8 heteroatoms. The Morgan fingerprint density at radius 3 is 2.74 bits per heavy atom. The highest BCUT2D eigenvalue weighted by Gasteiger charge is 2.20. The maximum absolute atomic E-state index is 12.2. The van der Waals surface area contributed by atoms with Gasteiger partial charge in [-0.25, -0.2) is 13.1 Å². The SMILES string of the molecule is Nc1cccc(Cl)c1S(=O)(=O)NCc1cc(Br)cs1. The number of benzene rings is 1. The van der Waals surface area contributed by atoms with E-state index in [1.165, 1.54) is 23.5 Å². The Morgan fingerprint density at radius 1 is 1.42 bits per heavy atom. The summed E-state index contributed by atoms with van der Waals surface area (Å²) in [6.07, 6.45) is 0. The molecule has 0 saturated carbocycles. The number of hydrogen-bond acceptors (Lipinski definition) is 4. The highest BCUT2D eigenvalue weighted by molar-refractivity contribution is 9.10. The number of halogens is 2. The molecule has 0 atom stereocenters. The lowest BCUT2D eigenvalue weighted by molar-refractivity contribution is 0.582. The van der Waals surface area contributed by atoms with Gasteiger partial charge in [0.1, 0.15) is 4.90 Å². The summed E-state index contributed by atoms with van der Waals surface area (Å²) in [5.74, 6) is 0. The second kappa shape index (κ2) is 5.80. The zero-order valence-electron chi connectivity index (χ0n) is 9.56. The monoisotopic (exact) mass is 380 g/mol. The van der Waals surface area contributed by atoms with E-state index in [-0.39, 0.29) is 22.2 Å². The molecule has 0 saturated heterocycles. The van der Waals surface area contributed by atoms with Crippen LogP contribution in [0.4, 0.5) is 5.69 Å². The fourth-order valence-corrected chi connectivity index (χ4v) is 4.66. The van der Waals surface area contributed by atoms with Gasteiger partial charge in [-0.3, -0.25) is 0 Å². The number of nitrogens with two attached hydrogens (primary N) is 1. The Labute approximate surface area is 128 Å². The molecule has 0 aliphatic rings. The second-order valence-electron chi connectivity index (χ2n) is 3.71. The van der Waals surface area contributed by atoms with E-state index in [0.717, 1.165) is 9.35 Å². The van der Waals surface area contributed by atoms with Gasteiger partial charge in [0.25, 0.3) is 0 Å². The van der Waals surface area contributed by atoms with Crippen molar-refractivity contribution in [3.63, 3.8) is 0 Å². The molecule has 0 unspecified atom stereocenters. The highest BCUT2D eigenvalue weighted by Crippen LogP contribution is 2.27. The number of nitrogens with one attached hydrogen (secondary N) is 1. The Balaban J connectivity index is 2.23. The van der Waals surface area contributed by atoms with Crippen molar-refractivity contribution in [2.75, 3.05) is 5.73 Å². The van der Waals surface area contributed by atoms with Crippen molar-refractivity contribution < 1.29 is 8.42 Å². The van der Waals surface area contributed by atoms with Crippen LogP contribution in [0.3, 0.4) is 0 Å². The van der Waals surface area contributed by atoms with Gasteiger partial charge in [0.05, 0.1) is 10.7 Å². The minimum absolute atomic E-state index is 0.0766. The summed E-state index contributed by atoms with van der Waals surface area (Å²) in [6, 6.07) is 6.45. The number of anilines is 1. The minimum atomic E-state index is -3.73. The standard InChI is InChI=1S/C11H10BrClN2O2S2/c12-7-4-8(18-6-7)5-15-19(16,17)11-9(13)2-1-3-10(11)14/h1-4,6,15H,5,14H2. The number of sulfonamides is 1. The maximum Gasteiger partial charge on any atom is 0.244 e. The lowest BCUT2D eigenvalue weighted by atomic mass is 10.3. The van der Waals surface area contributed by atoms with E-state index in [2.05, 4.69) is 20.7 Å². The first-order valence-corrected chi connectivity index (χ1v) is 8.70. The van der Waals surface area contributed by atoms with Gasteiger partial charge in [-0.1, -0.05) is 17.7 Å². The summed E-state index contributed by atoms with van der Waals surface area (Å²) in [5.41, 5.74) is 5.80. The van der Waals surface area contributed by atoms with E-state index in [0.29, 0.717) is 0 Å². The second-order valence-corrected chi connectivity index (χ2v) is 7.74. The fraction of sp³-hybridized carbons (Fsp3) is 0.0909. The molecule has 0 fully saturated rings. The molecule has 102 valence electrons. The van der Waals surface area contributed by atoms with E-state index in [9.17, 15) is 8.42 Å². The Hall–Kier alpha value is -0.600. The van der Waals surface area contributed by atoms with Crippen LogP contribution in [-0.4, -0.2) is 8.42 Å². The summed E-state index contributed by atoms with van der Waals surface area (Å²) >= 11 is 10.7. The molecule has 1 aromatic heterocycles. The molecule has 1 heterocycles. The van der Waals surface area contributed by atoms with Crippen molar-refractivity contribution in [2.45, 2.75) is 11.4 Å². The van der Waals surface area contributed by atoms with Crippen molar-refractivity contribution in [3.8, 4) is 0 Å². The third kappa shape index (κ3) is 3.49. The number of hydrogen-bond donors (Lipinski definition) is 2. The molecule has 0 aliphatic carbocycles. The average Bonchev–Trinajstić information content (AvgIpc) is 2.72. The number of rotatable bonds is 4. The minimum Gasteiger partial charge on any atom is -0.398 e. The largest absolute Gasteiger partial charge is 0.398 e. The number of thiophene rings is 1. The van der Waals surface area contributed by atoms with Crippen LogP contribution in [0.1, 0.15) is 4.88 Å². The molecular formula is C11H10BrClN2O2S2. The average molecular weight is 382 g/mol. The van der Waals surface area contributed by atoms with Crippen molar-refractivity contribution >= 4 is 54.6 Å². The van der Waals surface area contributed by atoms with Crippen LogP contribution in [0.2, 0.25) is 5.02 Å². The molecule has 19 heavy (non-hydrogen) atoms. The third-order valence-corrected chi connectivity index (χ3v) is 5.97. The molecule has 1 aromatic carbocycles. The zero-order chi connectivity index (χ0) is 14.0. The van der Waals surface area contributed by atoms with Crippen molar-refractivity contribution in [1.29, 1.82) is 0 Å². The third-order valence-electron chi connectivity index (χ3n) is 2.32. The summed E-state index contributed by atoms with van der Waals surface area (Å²) in [5, 5.41) is 1.99. The molecule has 4 nitrogen and oxygen atoms in total. The summed E-state index contributed by atoms with van der Waals surface area (Å²) in [4.78, 5) is 0.813. The van der Waals surface area contributed by atoms with Gasteiger partial charge >= 0.3 is 0 Å². The van der Waals surface area contributed by atoms with Gasteiger partial charge in [-0.15, -0.1) is 11.3 Å². The van der Waals surface area contributed by atoms with Crippen LogP contribution in [0.15, 0.2) is 39.0 Å². The summed E-state index contributed by atoms with van der Waals surface area (Å²) < 4.78 is 27.7. The van der Waals surface area contributed by atoms with Crippen molar-refractivity contribution in [2.24, 2.45) is 0 Å². The summed E-state index contributed by atoms with van der Waals surface area (Å²) in [6.45, 7) is 0.198. The lowest BCUT2D eigenvalue weighted by Gasteiger charge is -2.09. The molecule has 0 bridgehead atoms. The van der Waals surface area contributed by atoms with Crippen LogP contribution in [-0.2, 0) is 16.6 Å². The van der Waals surface area contributed by atoms with Crippen LogP contribution >= 0.6 is 38.9 Å². The first kappa shape index (κ1) is 14.8. The Bertz CT molecular complexity index is 680. The Morgan fingerprint density at radius 2 is 2.16 bits per heavy atom. The maximum atomic E-state index is 12.2. The molecule has 0 radical (unpaired) electrons. The van der Waals surface area contributed by atoms with Crippen LogP contribution < -0.4 is 10.5 Å². The molecule has 0 aliphatic heterocycles. The smallest absolute Gasteiger partial charge is 0.244 e. The molecule has 0 amide bonds. The van der Waals surface area contributed by atoms with Gasteiger partial charge < -0.3 is 5.73 Å². The van der Waals surface area contributed by atoms with Crippen LogP contribution in [0.5, 0.6) is 0 Å². The molecule has 3 N–H and O–H groups in total. The van der Waals surface area contributed by atoms with Crippen LogP contribution in [0, 0.1) is 0 Å². The first-order valence-electron chi connectivity index (χ1n) is 5.17. The zero-order valence-corrected chi connectivity index (χ0v) is 13.5. The van der Waals surface area contributed by atoms with Gasteiger partial charge in [-0.05, 0) is 34.1 Å². The van der Waals surface area contributed by atoms with Gasteiger partial charge in [0.15, 0.2) is 0 Å². The van der Waals surface area contributed by atoms with E-state index < -0.39 is 10.0 Å². The quantitative estimate of drug-likeness (QED) is 0.799. The first-order chi connectivity index (χ1) is 8.90. The predicted molar refractivity (Wildman–Crippen MR) is 81.9 cm³/mol. The predicted octanol–water partition coefficient (Wildman–Crippen LogP) is 3.22. The van der Waals surface area contributed by atoms with Gasteiger partial charge in [0.2, 0.25) is 10.0 Å². The molecule has 0 spiro atoms. The Kier molecular flexibility index (Phi) is 4.52. The van der Waals surface area contributed by atoms with Crippen molar-refractivity contribution in [3.05, 3.63) is 44.0 Å².